The van der Waals surface area contributed by atoms with Crippen LogP contribution in [0.5, 0.6) is 0 Å². The number of likely N-dealkylation sites (tertiary alicyclic amines) is 1. The number of carbonyl (C=O) groups excluding carboxylic acids is 1. The van der Waals surface area contributed by atoms with E-state index in [0.29, 0.717) is 17.2 Å². The van der Waals surface area contributed by atoms with Gasteiger partial charge in [0.15, 0.2) is 0 Å². The number of hydrogen-bond acceptors (Lipinski definition) is 4. The third-order valence-corrected chi connectivity index (χ3v) is 6.50. The lowest BCUT2D eigenvalue weighted by Gasteiger charge is -2.47. The maximum absolute atomic E-state index is 12.5. The smallest absolute Gasteiger partial charge is 0.254 e. The molecule has 1 spiro atoms. The first-order valence-electron chi connectivity index (χ1n) is 8.34. The molecular formula is C19H19ClN2O2S. The number of halogens is 1. The monoisotopic (exact) mass is 374 g/mol. The first-order valence-corrected chi connectivity index (χ1v) is 9.70. The summed E-state index contributed by atoms with van der Waals surface area (Å²) < 4.78 is 6.17. The predicted octanol–water partition coefficient (Wildman–Crippen LogP) is 3.65. The molecule has 0 N–H and O–H groups in total. The highest BCUT2D eigenvalue weighted by Gasteiger charge is 2.51. The van der Waals surface area contributed by atoms with Gasteiger partial charge in [-0.3, -0.25) is 9.78 Å². The van der Waals surface area contributed by atoms with Gasteiger partial charge in [0.2, 0.25) is 0 Å². The van der Waals surface area contributed by atoms with Gasteiger partial charge < -0.3 is 9.64 Å². The normalized spacial score (nSPS) is 21.3. The summed E-state index contributed by atoms with van der Waals surface area (Å²) in [5.74, 6) is 1.04. The molecule has 0 aliphatic carbocycles. The van der Waals surface area contributed by atoms with E-state index in [0.717, 1.165) is 31.0 Å². The van der Waals surface area contributed by atoms with Crippen molar-refractivity contribution in [3.63, 3.8) is 0 Å². The van der Waals surface area contributed by atoms with Crippen LogP contribution in [0.2, 0.25) is 5.02 Å². The van der Waals surface area contributed by atoms with Gasteiger partial charge in [-0.1, -0.05) is 23.7 Å². The summed E-state index contributed by atoms with van der Waals surface area (Å²) in [4.78, 5) is 18.7. The number of nitrogens with zero attached hydrogens (tertiary/aromatic N) is 2. The van der Waals surface area contributed by atoms with Crippen LogP contribution in [-0.4, -0.2) is 45.5 Å². The molecule has 3 heterocycles. The van der Waals surface area contributed by atoms with Crippen molar-refractivity contribution in [3.8, 4) is 0 Å². The van der Waals surface area contributed by atoms with Crippen LogP contribution < -0.4 is 0 Å². The Morgan fingerprint density at radius 1 is 1.32 bits per heavy atom. The number of amides is 1. The predicted molar refractivity (Wildman–Crippen MR) is 100.0 cm³/mol. The zero-order chi connectivity index (χ0) is 17.3. The maximum atomic E-state index is 12.5. The molecule has 6 heteroatoms. The molecule has 0 radical (unpaired) electrons. The van der Waals surface area contributed by atoms with Gasteiger partial charge in [0.25, 0.3) is 5.91 Å². The molecule has 2 fully saturated rings. The van der Waals surface area contributed by atoms with Crippen LogP contribution >= 0.6 is 23.4 Å². The van der Waals surface area contributed by atoms with E-state index in [-0.39, 0.29) is 16.8 Å². The number of thioether (sulfide) groups is 1. The fourth-order valence-electron chi connectivity index (χ4n) is 3.41. The first kappa shape index (κ1) is 16.9. The highest BCUT2D eigenvalue weighted by atomic mass is 35.5. The Kier molecular flexibility index (Phi) is 4.71. The second-order valence-electron chi connectivity index (χ2n) is 6.62. The summed E-state index contributed by atoms with van der Waals surface area (Å²) in [6, 6.07) is 13.0. The van der Waals surface area contributed by atoms with E-state index in [9.17, 15) is 4.79 Å². The van der Waals surface area contributed by atoms with Crippen molar-refractivity contribution >= 4 is 29.3 Å². The average molecular weight is 375 g/mol. The Balaban J connectivity index is 1.29. The van der Waals surface area contributed by atoms with Gasteiger partial charge in [-0.15, -0.1) is 11.8 Å². The van der Waals surface area contributed by atoms with E-state index in [4.69, 9.17) is 16.3 Å². The Labute approximate surface area is 156 Å². The van der Waals surface area contributed by atoms with Crippen molar-refractivity contribution in [2.75, 3.05) is 18.8 Å². The third-order valence-electron chi connectivity index (χ3n) is 4.68. The number of hydrogen-bond donors (Lipinski definition) is 0. The van der Waals surface area contributed by atoms with Gasteiger partial charge in [-0.05, 0) is 36.8 Å². The van der Waals surface area contributed by atoms with Gasteiger partial charge in [-0.2, -0.15) is 0 Å². The lowest BCUT2D eigenvalue weighted by Crippen LogP contribution is -2.60. The van der Waals surface area contributed by atoms with Crippen LogP contribution in [0.1, 0.15) is 22.5 Å². The number of aromatic nitrogens is 1. The highest BCUT2D eigenvalue weighted by Crippen LogP contribution is 2.46. The van der Waals surface area contributed by atoms with Gasteiger partial charge in [0, 0.05) is 35.6 Å². The summed E-state index contributed by atoms with van der Waals surface area (Å²) in [7, 11) is 0. The Bertz CT molecular complexity index is 765. The molecule has 0 bridgehead atoms. The van der Waals surface area contributed by atoms with Crippen molar-refractivity contribution in [2.24, 2.45) is 0 Å². The van der Waals surface area contributed by atoms with E-state index in [2.05, 4.69) is 4.98 Å². The topological polar surface area (TPSA) is 42.4 Å². The van der Waals surface area contributed by atoms with Crippen molar-refractivity contribution in [3.05, 3.63) is 64.9 Å². The van der Waals surface area contributed by atoms with Crippen LogP contribution in [-0.2, 0) is 11.3 Å². The number of carbonyl (C=O) groups is 1. The van der Waals surface area contributed by atoms with Crippen molar-refractivity contribution in [1.82, 2.24) is 9.88 Å². The van der Waals surface area contributed by atoms with Gasteiger partial charge in [0.1, 0.15) is 0 Å². The quantitative estimate of drug-likeness (QED) is 0.819. The van der Waals surface area contributed by atoms with E-state index in [1.54, 1.807) is 18.3 Å². The van der Waals surface area contributed by atoms with Crippen molar-refractivity contribution in [2.45, 2.75) is 23.9 Å². The van der Waals surface area contributed by atoms with E-state index in [1.807, 2.05) is 47.0 Å². The maximum Gasteiger partial charge on any atom is 0.254 e. The SMILES string of the molecule is O=C(c1cccc(Cl)c1)N1CC2(CC(OCc3ccccn3)CS2)C1. The zero-order valence-corrected chi connectivity index (χ0v) is 15.3. The number of benzene rings is 1. The van der Waals surface area contributed by atoms with E-state index in [1.165, 1.54) is 0 Å². The summed E-state index contributed by atoms with van der Waals surface area (Å²) in [5.41, 5.74) is 1.62. The van der Waals surface area contributed by atoms with Crippen LogP contribution in [0.4, 0.5) is 0 Å². The molecule has 2 saturated heterocycles. The van der Waals surface area contributed by atoms with E-state index < -0.39 is 0 Å². The van der Waals surface area contributed by atoms with Crippen LogP contribution in [0.3, 0.4) is 0 Å². The fraction of sp³-hybridized carbons (Fsp3) is 0.368. The molecule has 4 rings (SSSR count). The number of pyridine rings is 1. The molecule has 0 saturated carbocycles. The second kappa shape index (κ2) is 6.98. The Morgan fingerprint density at radius 2 is 2.20 bits per heavy atom. The van der Waals surface area contributed by atoms with Crippen LogP contribution in [0.25, 0.3) is 0 Å². The molecule has 2 aromatic rings. The molecule has 25 heavy (non-hydrogen) atoms. The standard InChI is InChI=1S/C19H19ClN2O2S/c20-15-5-3-4-14(8-15)18(23)22-12-19(13-22)9-17(11-25-19)24-10-16-6-1-2-7-21-16/h1-8,17H,9-13H2. The van der Waals surface area contributed by atoms with Crippen LogP contribution in [0, 0.1) is 0 Å². The Morgan fingerprint density at radius 3 is 2.96 bits per heavy atom. The minimum atomic E-state index is 0.0616. The van der Waals surface area contributed by atoms with Crippen molar-refractivity contribution < 1.29 is 9.53 Å². The lowest BCUT2D eigenvalue weighted by molar-refractivity contribution is 0.0245. The van der Waals surface area contributed by atoms with Crippen molar-refractivity contribution in [1.29, 1.82) is 0 Å². The first-order chi connectivity index (χ1) is 12.1. The largest absolute Gasteiger partial charge is 0.371 e. The lowest BCUT2D eigenvalue weighted by atomic mass is 9.92. The highest BCUT2D eigenvalue weighted by molar-refractivity contribution is 8.01. The molecule has 1 amide bonds. The molecule has 130 valence electrons. The average Bonchev–Trinajstić information content (AvgIpc) is 3.04. The molecular weight excluding hydrogens is 356 g/mol. The number of ether oxygens (including phenoxy) is 1. The molecule has 2 aliphatic heterocycles. The van der Waals surface area contributed by atoms with Gasteiger partial charge >= 0.3 is 0 Å². The van der Waals surface area contributed by atoms with Gasteiger partial charge in [-0.25, -0.2) is 0 Å². The molecule has 1 atom stereocenters. The second-order valence-corrected chi connectivity index (χ2v) is 8.55. The summed E-state index contributed by atoms with van der Waals surface area (Å²) in [6.45, 7) is 2.12. The minimum absolute atomic E-state index is 0.0616. The summed E-state index contributed by atoms with van der Waals surface area (Å²) >= 11 is 7.91. The molecule has 1 aromatic heterocycles. The fourth-order valence-corrected chi connectivity index (χ4v) is 5.16. The summed E-state index contributed by atoms with van der Waals surface area (Å²) in [6.07, 6.45) is 3.01. The molecule has 1 unspecified atom stereocenters. The van der Waals surface area contributed by atoms with Crippen LogP contribution in [0.15, 0.2) is 48.7 Å². The third kappa shape index (κ3) is 3.68. The summed E-state index contributed by atoms with van der Waals surface area (Å²) in [5, 5.41) is 0.597. The molecule has 2 aliphatic rings. The zero-order valence-electron chi connectivity index (χ0n) is 13.7. The number of rotatable bonds is 4. The molecule has 1 aromatic carbocycles. The molecule has 4 nitrogen and oxygen atoms in total. The Hall–Kier alpha value is -1.56. The minimum Gasteiger partial charge on any atom is -0.371 e. The van der Waals surface area contributed by atoms with Gasteiger partial charge in [0.05, 0.1) is 23.2 Å². The van der Waals surface area contributed by atoms with E-state index >= 15 is 0 Å².